The van der Waals surface area contributed by atoms with Crippen LogP contribution in [0.3, 0.4) is 0 Å². The van der Waals surface area contributed by atoms with Crippen molar-refractivity contribution in [2.24, 2.45) is 7.05 Å². The maximum atomic E-state index is 10.7. The van der Waals surface area contributed by atoms with Crippen LogP contribution in [0.5, 0.6) is 0 Å². The molecule has 0 aromatic carbocycles. The molecular formula is C5H7ClN2O2S. The Bertz CT molecular complexity index is 348. The van der Waals surface area contributed by atoms with Gasteiger partial charge in [0.1, 0.15) is 0 Å². The highest BCUT2D eigenvalue weighted by molar-refractivity contribution is 8.13. The molecule has 0 radical (unpaired) electrons. The summed E-state index contributed by atoms with van der Waals surface area (Å²) in [5.74, 6) is 0. The topological polar surface area (TPSA) is 52.0 Å². The van der Waals surface area contributed by atoms with Crippen molar-refractivity contribution in [2.75, 3.05) is 0 Å². The van der Waals surface area contributed by atoms with Crippen molar-refractivity contribution in [3.8, 4) is 0 Å². The standard InChI is InChI=1S/C5H7ClN2O2S/c1-4-3-5(7-8(4)2)11(6,9)10/h3H,1-2H3. The molecule has 0 bridgehead atoms. The molecule has 0 saturated heterocycles. The SMILES string of the molecule is Cc1cc(S(=O)(=O)Cl)nn1C. The Kier molecular flexibility index (Phi) is 1.94. The Hall–Kier alpha value is -0.550. The summed E-state index contributed by atoms with van der Waals surface area (Å²) in [4.78, 5) is 0. The van der Waals surface area contributed by atoms with Gasteiger partial charge < -0.3 is 0 Å². The van der Waals surface area contributed by atoms with Crippen molar-refractivity contribution in [3.05, 3.63) is 11.8 Å². The molecule has 11 heavy (non-hydrogen) atoms. The number of nitrogens with zero attached hydrogens (tertiary/aromatic N) is 2. The van der Waals surface area contributed by atoms with Gasteiger partial charge in [-0.25, -0.2) is 8.42 Å². The lowest BCUT2D eigenvalue weighted by Crippen LogP contribution is -1.95. The summed E-state index contributed by atoms with van der Waals surface area (Å²) in [5.41, 5.74) is 0.754. The molecular weight excluding hydrogens is 188 g/mol. The average Bonchev–Trinajstić information content (AvgIpc) is 2.11. The summed E-state index contributed by atoms with van der Waals surface area (Å²) < 4.78 is 22.8. The zero-order valence-electron chi connectivity index (χ0n) is 6.07. The minimum atomic E-state index is -3.66. The maximum Gasteiger partial charge on any atom is 0.280 e. The van der Waals surface area contributed by atoms with Gasteiger partial charge in [0.2, 0.25) is 0 Å². The van der Waals surface area contributed by atoms with Crippen molar-refractivity contribution in [1.29, 1.82) is 0 Å². The van der Waals surface area contributed by atoms with Gasteiger partial charge in [-0.2, -0.15) is 5.10 Å². The van der Waals surface area contributed by atoms with Crippen LogP contribution in [0.2, 0.25) is 0 Å². The van der Waals surface area contributed by atoms with E-state index in [0.717, 1.165) is 5.69 Å². The van der Waals surface area contributed by atoms with Gasteiger partial charge in [-0.05, 0) is 13.0 Å². The molecule has 1 rings (SSSR count). The Morgan fingerprint density at radius 1 is 1.64 bits per heavy atom. The van der Waals surface area contributed by atoms with Gasteiger partial charge in [0, 0.05) is 23.4 Å². The fraction of sp³-hybridized carbons (Fsp3) is 0.400. The third kappa shape index (κ3) is 1.72. The van der Waals surface area contributed by atoms with Crippen LogP contribution < -0.4 is 0 Å². The molecule has 1 aromatic heterocycles. The van der Waals surface area contributed by atoms with Crippen molar-refractivity contribution >= 4 is 19.7 Å². The molecule has 0 amide bonds. The van der Waals surface area contributed by atoms with E-state index in [4.69, 9.17) is 10.7 Å². The Morgan fingerprint density at radius 2 is 2.18 bits per heavy atom. The van der Waals surface area contributed by atoms with Gasteiger partial charge >= 0.3 is 0 Å². The molecule has 1 aromatic rings. The molecule has 62 valence electrons. The summed E-state index contributed by atoms with van der Waals surface area (Å²) in [6.07, 6.45) is 0. The second-order valence-corrected chi connectivity index (χ2v) is 4.70. The van der Waals surface area contributed by atoms with Crippen molar-refractivity contribution in [3.63, 3.8) is 0 Å². The Morgan fingerprint density at radius 3 is 2.36 bits per heavy atom. The van der Waals surface area contributed by atoms with Crippen LogP contribution in [0.1, 0.15) is 5.69 Å². The number of aryl methyl sites for hydroxylation is 2. The first-order valence-corrected chi connectivity index (χ1v) is 5.17. The van der Waals surface area contributed by atoms with Crippen molar-refractivity contribution in [2.45, 2.75) is 11.9 Å². The smallest absolute Gasteiger partial charge is 0.272 e. The quantitative estimate of drug-likeness (QED) is 0.617. The molecule has 0 aliphatic carbocycles. The number of hydrogen-bond acceptors (Lipinski definition) is 3. The van der Waals surface area contributed by atoms with Crippen LogP contribution >= 0.6 is 10.7 Å². The third-order valence-corrected chi connectivity index (χ3v) is 2.51. The van der Waals surface area contributed by atoms with Gasteiger partial charge in [0.05, 0.1) is 0 Å². The molecule has 6 heteroatoms. The van der Waals surface area contributed by atoms with Crippen molar-refractivity contribution < 1.29 is 8.42 Å². The first-order valence-electron chi connectivity index (χ1n) is 2.86. The fourth-order valence-electron chi connectivity index (χ4n) is 0.647. The predicted octanol–water partition coefficient (Wildman–Crippen LogP) is 0.656. The lowest BCUT2D eigenvalue weighted by Gasteiger charge is -1.88. The van der Waals surface area contributed by atoms with Gasteiger partial charge in [-0.3, -0.25) is 4.68 Å². The molecule has 0 aliphatic heterocycles. The van der Waals surface area contributed by atoms with Gasteiger partial charge in [0.25, 0.3) is 9.05 Å². The Labute approximate surface area is 69.2 Å². The van der Waals surface area contributed by atoms with E-state index in [0.29, 0.717) is 0 Å². The third-order valence-electron chi connectivity index (χ3n) is 1.34. The van der Waals surface area contributed by atoms with E-state index in [1.807, 2.05) is 0 Å². The lowest BCUT2D eigenvalue weighted by molar-refractivity contribution is 0.601. The van der Waals surface area contributed by atoms with E-state index in [1.54, 1.807) is 14.0 Å². The van der Waals surface area contributed by atoms with Crippen LogP contribution in [0.4, 0.5) is 0 Å². The minimum absolute atomic E-state index is 0.0980. The molecule has 0 N–H and O–H groups in total. The zero-order valence-corrected chi connectivity index (χ0v) is 7.65. The number of hydrogen-bond donors (Lipinski definition) is 0. The Balaban J connectivity index is 3.29. The van der Waals surface area contributed by atoms with Gasteiger partial charge in [-0.15, -0.1) is 0 Å². The summed E-state index contributed by atoms with van der Waals surface area (Å²) in [5, 5.41) is 3.58. The normalized spacial score (nSPS) is 11.9. The van der Waals surface area contributed by atoms with E-state index in [-0.39, 0.29) is 5.03 Å². The molecule has 0 atom stereocenters. The van der Waals surface area contributed by atoms with E-state index in [9.17, 15) is 8.42 Å². The van der Waals surface area contributed by atoms with Crippen LogP contribution in [-0.4, -0.2) is 18.2 Å². The predicted molar refractivity (Wildman–Crippen MR) is 41.0 cm³/mol. The molecule has 0 aliphatic rings. The number of rotatable bonds is 1. The van der Waals surface area contributed by atoms with Gasteiger partial charge in [-0.1, -0.05) is 0 Å². The second-order valence-electron chi connectivity index (χ2n) is 2.19. The summed E-state index contributed by atoms with van der Waals surface area (Å²) >= 11 is 0. The highest BCUT2D eigenvalue weighted by atomic mass is 35.7. The largest absolute Gasteiger partial charge is 0.280 e. The molecule has 4 nitrogen and oxygen atoms in total. The van der Waals surface area contributed by atoms with Crippen LogP contribution in [-0.2, 0) is 16.1 Å². The first-order chi connectivity index (χ1) is 4.91. The molecule has 0 fully saturated rings. The molecule has 1 heterocycles. The average molecular weight is 195 g/mol. The summed E-state index contributed by atoms with van der Waals surface area (Å²) in [7, 11) is 3.03. The van der Waals surface area contributed by atoms with Gasteiger partial charge in [0.15, 0.2) is 5.03 Å². The second kappa shape index (κ2) is 2.49. The monoisotopic (exact) mass is 194 g/mol. The lowest BCUT2D eigenvalue weighted by atomic mass is 10.5. The van der Waals surface area contributed by atoms with E-state index in [2.05, 4.69) is 5.10 Å². The minimum Gasteiger partial charge on any atom is -0.272 e. The van der Waals surface area contributed by atoms with E-state index < -0.39 is 9.05 Å². The van der Waals surface area contributed by atoms with Crippen LogP contribution in [0, 0.1) is 6.92 Å². The summed E-state index contributed by atoms with van der Waals surface area (Å²) in [6.45, 7) is 1.75. The highest BCUT2D eigenvalue weighted by Gasteiger charge is 2.14. The van der Waals surface area contributed by atoms with E-state index in [1.165, 1.54) is 10.7 Å². The van der Waals surface area contributed by atoms with Crippen molar-refractivity contribution in [1.82, 2.24) is 9.78 Å². The molecule has 0 saturated carbocycles. The maximum absolute atomic E-state index is 10.7. The number of aromatic nitrogens is 2. The van der Waals surface area contributed by atoms with Crippen LogP contribution in [0.25, 0.3) is 0 Å². The van der Waals surface area contributed by atoms with Crippen LogP contribution in [0.15, 0.2) is 11.1 Å². The highest BCUT2D eigenvalue weighted by Crippen LogP contribution is 2.12. The fourth-order valence-corrected chi connectivity index (χ4v) is 1.40. The number of halogens is 1. The molecule has 0 unspecified atom stereocenters. The molecule has 0 spiro atoms. The van der Waals surface area contributed by atoms with E-state index >= 15 is 0 Å². The first kappa shape index (κ1) is 8.55. The summed E-state index contributed by atoms with van der Waals surface area (Å²) in [6, 6.07) is 1.42. The zero-order chi connectivity index (χ0) is 8.65.